The van der Waals surface area contributed by atoms with Crippen LogP contribution < -0.4 is 5.56 Å². The molecule has 98 valence electrons. The Kier molecular flexibility index (Phi) is 3.52. The molecule has 1 aliphatic heterocycles. The van der Waals surface area contributed by atoms with Gasteiger partial charge in [0.2, 0.25) is 0 Å². The van der Waals surface area contributed by atoms with Crippen molar-refractivity contribution in [1.29, 1.82) is 0 Å². The number of ether oxygens (including phenoxy) is 1. The third-order valence-corrected chi connectivity index (χ3v) is 3.33. The van der Waals surface area contributed by atoms with Crippen LogP contribution in [0.25, 0.3) is 0 Å². The predicted octanol–water partition coefficient (Wildman–Crippen LogP) is 1.34. The molecule has 1 N–H and O–H groups in total. The normalized spacial score (nSPS) is 19.1. The highest BCUT2D eigenvalue weighted by Gasteiger charge is 2.21. The largest absolute Gasteiger partial charge is 0.477 e. The Morgan fingerprint density at radius 1 is 1.56 bits per heavy atom. The van der Waals surface area contributed by atoms with E-state index >= 15 is 0 Å². The molecule has 0 bridgehead atoms. The van der Waals surface area contributed by atoms with Crippen LogP contribution in [-0.2, 0) is 11.3 Å². The number of aryl methyl sites for hydroxylation is 2. The molecule has 0 amide bonds. The van der Waals surface area contributed by atoms with Crippen molar-refractivity contribution >= 4 is 5.97 Å². The molecule has 5 heteroatoms. The van der Waals surface area contributed by atoms with E-state index in [0.717, 1.165) is 25.1 Å². The van der Waals surface area contributed by atoms with Crippen molar-refractivity contribution in [1.82, 2.24) is 4.57 Å². The van der Waals surface area contributed by atoms with E-state index in [9.17, 15) is 9.59 Å². The average molecular weight is 251 g/mol. The maximum absolute atomic E-state index is 12.2. The molecule has 2 heterocycles. The zero-order chi connectivity index (χ0) is 13.3. The molecule has 0 saturated carbocycles. The van der Waals surface area contributed by atoms with Gasteiger partial charge in [0.15, 0.2) is 0 Å². The molecule has 18 heavy (non-hydrogen) atoms. The van der Waals surface area contributed by atoms with E-state index in [1.54, 1.807) is 13.0 Å². The van der Waals surface area contributed by atoms with Gasteiger partial charge in [-0.05, 0) is 38.3 Å². The first-order chi connectivity index (χ1) is 8.50. The number of rotatable bonds is 3. The van der Waals surface area contributed by atoms with E-state index in [4.69, 9.17) is 9.84 Å². The number of carboxylic acids is 1. The van der Waals surface area contributed by atoms with E-state index in [1.807, 2.05) is 6.92 Å². The van der Waals surface area contributed by atoms with E-state index in [-0.39, 0.29) is 11.7 Å². The van der Waals surface area contributed by atoms with Crippen LogP contribution in [-0.4, -0.2) is 28.4 Å². The van der Waals surface area contributed by atoms with Gasteiger partial charge in [-0.2, -0.15) is 0 Å². The maximum Gasteiger partial charge on any atom is 0.341 e. The average Bonchev–Trinajstić information content (AvgIpc) is 2.75. The highest BCUT2D eigenvalue weighted by molar-refractivity contribution is 5.88. The molecule has 1 aromatic rings. The third kappa shape index (κ3) is 2.31. The molecule has 0 spiro atoms. The number of carboxylic acid groups (broad SMARTS) is 1. The Morgan fingerprint density at radius 2 is 2.28 bits per heavy atom. The van der Waals surface area contributed by atoms with Crippen molar-refractivity contribution in [2.75, 3.05) is 6.61 Å². The fourth-order valence-electron chi connectivity index (χ4n) is 2.41. The van der Waals surface area contributed by atoms with Gasteiger partial charge in [-0.1, -0.05) is 0 Å². The van der Waals surface area contributed by atoms with Crippen LogP contribution in [0.5, 0.6) is 0 Å². The second-order valence-corrected chi connectivity index (χ2v) is 4.70. The first-order valence-corrected chi connectivity index (χ1v) is 6.06. The molecule has 1 atom stereocenters. The van der Waals surface area contributed by atoms with Gasteiger partial charge in [-0.3, -0.25) is 4.79 Å². The lowest BCUT2D eigenvalue weighted by Gasteiger charge is -2.16. The molecule has 1 fully saturated rings. The van der Waals surface area contributed by atoms with Gasteiger partial charge in [0.25, 0.3) is 5.56 Å². The maximum atomic E-state index is 12.2. The zero-order valence-electron chi connectivity index (χ0n) is 10.6. The van der Waals surface area contributed by atoms with Crippen LogP contribution in [0.15, 0.2) is 10.9 Å². The van der Waals surface area contributed by atoms with Crippen molar-refractivity contribution in [3.8, 4) is 0 Å². The standard InChI is InChI=1S/C13H17NO4/c1-8-6-9(2)14(7-10-4-3-5-18-10)12(15)11(8)13(16)17/h6,10H,3-5,7H2,1-2H3,(H,16,17)/t10-/m1/s1. The number of aromatic nitrogens is 1. The van der Waals surface area contributed by atoms with Crippen LogP contribution in [0.4, 0.5) is 0 Å². The molecular weight excluding hydrogens is 234 g/mol. The summed E-state index contributed by atoms with van der Waals surface area (Å²) in [5.74, 6) is -1.17. The van der Waals surface area contributed by atoms with Gasteiger partial charge in [0, 0.05) is 12.3 Å². The van der Waals surface area contributed by atoms with Crippen molar-refractivity contribution < 1.29 is 14.6 Å². The lowest BCUT2D eigenvalue weighted by atomic mass is 10.1. The van der Waals surface area contributed by atoms with Gasteiger partial charge in [-0.25, -0.2) is 4.79 Å². The monoisotopic (exact) mass is 251 g/mol. The van der Waals surface area contributed by atoms with Crippen molar-refractivity contribution in [3.63, 3.8) is 0 Å². The Balaban J connectivity index is 2.43. The van der Waals surface area contributed by atoms with Crippen molar-refractivity contribution in [3.05, 3.63) is 33.2 Å². The number of nitrogens with zero attached hydrogens (tertiary/aromatic N) is 1. The number of pyridine rings is 1. The van der Waals surface area contributed by atoms with Crippen molar-refractivity contribution in [2.24, 2.45) is 0 Å². The highest BCUT2D eigenvalue weighted by atomic mass is 16.5. The number of hydrogen-bond donors (Lipinski definition) is 1. The summed E-state index contributed by atoms with van der Waals surface area (Å²) in [7, 11) is 0. The Morgan fingerprint density at radius 3 is 2.83 bits per heavy atom. The van der Waals surface area contributed by atoms with Crippen LogP contribution in [0, 0.1) is 13.8 Å². The van der Waals surface area contributed by atoms with E-state index in [2.05, 4.69) is 0 Å². The Labute approximate surface area is 105 Å². The molecule has 1 saturated heterocycles. The van der Waals surface area contributed by atoms with Gasteiger partial charge in [0.1, 0.15) is 5.56 Å². The Hall–Kier alpha value is -1.62. The van der Waals surface area contributed by atoms with E-state index < -0.39 is 11.5 Å². The fourth-order valence-corrected chi connectivity index (χ4v) is 2.41. The SMILES string of the molecule is Cc1cc(C)n(C[C@H]2CCCO2)c(=O)c1C(=O)O. The van der Waals surface area contributed by atoms with Crippen LogP contribution in [0.2, 0.25) is 0 Å². The molecule has 0 aliphatic carbocycles. The summed E-state index contributed by atoms with van der Waals surface area (Å²) in [6.45, 7) is 4.62. The summed E-state index contributed by atoms with van der Waals surface area (Å²) in [5, 5.41) is 9.08. The molecular formula is C13H17NO4. The second-order valence-electron chi connectivity index (χ2n) is 4.70. The molecule has 5 nitrogen and oxygen atoms in total. The van der Waals surface area contributed by atoms with Gasteiger partial charge >= 0.3 is 5.97 Å². The van der Waals surface area contributed by atoms with Crippen LogP contribution in [0.3, 0.4) is 0 Å². The summed E-state index contributed by atoms with van der Waals surface area (Å²) in [4.78, 5) is 23.3. The number of carbonyl (C=O) groups is 1. The lowest BCUT2D eigenvalue weighted by molar-refractivity contribution is 0.0690. The molecule has 1 aromatic heterocycles. The fraction of sp³-hybridized carbons (Fsp3) is 0.538. The first-order valence-electron chi connectivity index (χ1n) is 6.06. The minimum absolute atomic E-state index is 0.0192. The van der Waals surface area contributed by atoms with Crippen LogP contribution >= 0.6 is 0 Å². The summed E-state index contributed by atoms with van der Waals surface area (Å²) >= 11 is 0. The highest BCUT2D eigenvalue weighted by Crippen LogP contribution is 2.15. The third-order valence-electron chi connectivity index (χ3n) is 3.33. The number of aromatic carboxylic acids is 1. The van der Waals surface area contributed by atoms with Gasteiger partial charge in [-0.15, -0.1) is 0 Å². The number of hydrogen-bond acceptors (Lipinski definition) is 3. The minimum Gasteiger partial charge on any atom is -0.477 e. The zero-order valence-corrected chi connectivity index (χ0v) is 10.6. The van der Waals surface area contributed by atoms with Crippen molar-refractivity contribution in [2.45, 2.75) is 39.3 Å². The molecule has 0 unspecified atom stereocenters. The minimum atomic E-state index is -1.17. The topological polar surface area (TPSA) is 68.5 Å². The molecule has 0 aromatic carbocycles. The molecule has 2 rings (SSSR count). The molecule has 1 aliphatic rings. The summed E-state index contributed by atoms with van der Waals surface area (Å²) in [5.41, 5.74) is 0.709. The van der Waals surface area contributed by atoms with E-state index in [1.165, 1.54) is 4.57 Å². The van der Waals surface area contributed by atoms with E-state index in [0.29, 0.717) is 12.1 Å². The first kappa shape index (κ1) is 12.8. The summed E-state index contributed by atoms with van der Waals surface area (Å²) in [6.07, 6.45) is 1.93. The van der Waals surface area contributed by atoms with Crippen LogP contribution in [0.1, 0.15) is 34.5 Å². The molecule has 0 radical (unpaired) electrons. The summed E-state index contributed by atoms with van der Waals surface area (Å²) in [6, 6.07) is 1.74. The Bertz CT molecular complexity index is 527. The predicted molar refractivity (Wildman–Crippen MR) is 66.1 cm³/mol. The van der Waals surface area contributed by atoms with Gasteiger partial charge < -0.3 is 14.4 Å². The second kappa shape index (κ2) is 4.94. The quantitative estimate of drug-likeness (QED) is 0.880. The summed E-state index contributed by atoms with van der Waals surface area (Å²) < 4.78 is 7.00. The lowest BCUT2D eigenvalue weighted by Crippen LogP contribution is -2.32. The van der Waals surface area contributed by atoms with Gasteiger partial charge in [0.05, 0.1) is 12.6 Å². The smallest absolute Gasteiger partial charge is 0.341 e.